The first kappa shape index (κ1) is 16.6. The molecule has 0 atom stereocenters. The van der Waals surface area contributed by atoms with Crippen LogP contribution >= 0.6 is 50.9 Å². The van der Waals surface area contributed by atoms with Crippen LogP contribution in [-0.4, -0.2) is 11.1 Å². The lowest BCUT2D eigenvalue weighted by Gasteiger charge is -2.00. The number of halogens is 3. The van der Waals surface area contributed by atoms with Crippen LogP contribution in [0.2, 0.25) is 10.0 Å². The lowest BCUT2D eigenvalue weighted by Crippen LogP contribution is -2.19. The molecule has 3 nitrogen and oxygen atoms in total. The van der Waals surface area contributed by atoms with E-state index in [1.807, 2.05) is 30.3 Å². The smallest absolute Gasteiger partial charge is 0.264 e. The predicted molar refractivity (Wildman–Crippen MR) is 101 cm³/mol. The third-order valence-corrected chi connectivity index (χ3v) is 4.94. The molecule has 2 aromatic carbocycles. The van der Waals surface area contributed by atoms with E-state index in [-0.39, 0.29) is 5.91 Å². The Kier molecular flexibility index (Phi) is 5.11. The van der Waals surface area contributed by atoms with Crippen LogP contribution in [0.25, 0.3) is 6.08 Å². The number of amidine groups is 1. The number of aliphatic imine (C=N–C) groups is 1. The van der Waals surface area contributed by atoms with Gasteiger partial charge in [0.15, 0.2) is 5.17 Å². The largest absolute Gasteiger partial charge is 0.300 e. The summed E-state index contributed by atoms with van der Waals surface area (Å²) in [7, 11) is 0. The summed E-state index contributed by atoms with van der Waals surface area (Å²) in [6.07, 6.45) is 1.81. The number of nitrogens with one attached hydrogen (secondary N) is 1. The number of amides is 1. The molecule has 0 saturated carbocycles. The number of carbonyl (C=O) groups is 1. The third kappa shape index (κ3) is 4.18. The molecule has 1 saturated heterocycles. The first-order valence-electron chi connectivity index (χ1n) is 6.51. The summed E-state index contributed by atoms with van der Waals surface area (Å²) in [6.45, 7) is 0. The number of hydrogen-bond acceptors (Lipinski definition) is 3. The Morgan fingerprint density at radius 2 is 1.87 bits per heavy atom. The van der Waals surface area contributed by atoms with Crippen molar-refractivity contribution in [3.63, 3.8) is 0 Å². The van der Waals surface area contributed by atoms with E-state index in [9.17, 15) is 4.79 Å². The van der Waals surface area contributed by atoms with Gasteiger partial charge in [0, 0.05) is 9.50 Å². The maximum Gasteiger partial charge on any atom is 0.264 e. The van der Waals surface area contributed by atoms with Gasteiger partial charge in [0.05, 0.1) is 15.6 Å². The topological polar surface area (TPSA) is 41.5 Å². The number of rotatable bonds is 2. The first-order valence-corrected chi connectivity index (χ1v) is 8.88. The first-order chi connectivity index (χ1) is 11.0. The van der Waals surface area contributed by atoms with Crippen molar-refractivity contribution in [1.29, 1.82) is 0 Å². The van der Waals surface area contributed by atoms with Crippen molar-refractivity contribution in [2.45, 2.75) is 0 Å². The van der Waals surface area contributed by atoms with Gasteiger partial charge in [-0.2, -0.15) is 0 Å². The van der Waals surface area contributed by atoms with Crippen LogP contribution in [0.3, 0.4) is 0 Å². The van der Waals surface area contributed by atoms with Gasteiger partial charge in [-0.15, -0.1) is 0 Å². The molecule has 1 amide bonds. The maximum atomic E-state index is 12.0. The Morgan fingerprint density at radius 1 is 1.13 bits per heavy atom. The molecule has 0 spiro atoms. The molecule has 7 heteroatoms. The molecular formula is C16H9BrCl2N2OS. The third-order valence-electron chi connectivity index (χ3n) is 2.95. The van der Waals surface area contributed by atoms with Crippen LogP contribution in [-0.2, 0) is 4.79 Å². The van der Waals surface area contributed by atoms with Crippen LogP contribution in [0.4, 0.5) is 5.69 Å². The van der Waals surface area contributed by atoms with Gasteiger partial charge in [0.2, 0.25) is 0 Å². The van der Waals surface area contributed by atoms with Crippen LogP contribution in [0.5, 0.6) is 0 Å². The quantitative estimate of drug-likeness (QED) is 0.629. The maximum absolute atomic E-state index is 12.0. The van der Waals surface area contributed by atoms with Crippen LogP contribution < -0.4 is 5.32 Å². The lowest BCUT2D eigenvalue weighted by molar-refractivity contribution is -0.115. The fourth-order valence-corrected chi connectivity index (χ4v) is 3.30. The average Bonchev–Trinajstić information content (AvgIpc) is 2.85. The minimum absolute atomic E-state index is 0.185. The minimum atomic E-state index is -0.185. The van der Waals surface area contributed by atoms with Crippen molar-refractivity contribution in [3.8, 4) is 0 Å². The molecule has 0 aliphatic carbocycles. The Hall–Kier alpha value is -1.27. The molecule has 1 aliphatic rings. The zero-order valence-corrected chi connectivity index (χ0v) is 15.4. The van der Waals surface area contributed by atoms with Crippen LogP contribution in [0, 0.1) is 0 Å². The monoisotopic (exact) mass is 426 g/mol. The fraction of sp³-hybridized carbons (Fsp3) is 0. The Morgan fingerprint density at radius 3 is 2.61 bits per heavy atom. The highest BCUT2D eigenvalue weighted by molar-refractivity contribution is 9.10. The van der Waals surface area contributed by atoms with Crippen LogP contribution in [0.15, 0.2) is 56.8 Å². The predicted octanol–water partition coefficient (Wildman–Crippen LogP) is 5.65. The second-order valence-corrected chi connectivity index (χ2v) is 7.42. The number of hydrogen-bond donors (Lipinski definition) is 1. The summed E-state index contributed by atoms with van der Waals surface area (Å²) < 4.78 is 0.987. The molecule has 1 heterocycles. The SMILES string of the molecule is O=C1NC(=Nc2cc(Cl)ccc2Cl)S/C1=C/c1ccc(Br)cc1. The van der Waals surface area contributed by atoms with E-state index >= 15 is 0 Å². The molecular weight excluding hydrogens is 419 g/mol. The second kappa shape index (κ2) is 7.09. The highest BCUT2D eigenvalue weighted by Gasteiger charge is 2.24. The zero-order valence-electron chi connectivity index (χ0n) is 11.5. The van der Waals surface area contributed by atoms with Crippen molar-refractivity contribution in [1.82, 2.24) is 5.32 Å². The molecule has 1 N–H and O–H groups in total. The Bertz CT molecular complexity index is 834. The summed E-state index contributed by atoms with van der Waals surface area (Å²) in [4.78, 5) is 17.0. The molecule has 1 fully saturated rings. The summed E-state index contributed by atoms with van der Waals surface area (Å²) in [5, 5.41) is 4.21. The molecule has 116 valence electrons. The van der Waals surface area contributed by atoms with E-state index < -0.39 is 0 Å². The molecule has 2 aromatic rings. The van der Waals surface area contributed by atoms with Crippen molar-refractivity contribution >= 4 is 73.7 Å². The van der Waals surface area contributed by atoms with E-state index in [4.69, 9.17) is 23.2 Å². The van der Waals surface area contributed by atoms with E-state index in [2.05, 4.69) is 26.2 Å². The molecule has 1 aliphatic heterocycles. The number of carbonyl (C=O) groups excluding carboxylic acids is 1. The highest BCUT2D eigenvalue weighted by Crippen LogP contribution is 2.32. The summed E-state index contributed by atoms with van der Waals surface area (Å²) in [5.41, 5.74) is 1.46. The molecule has 23 heavy (non-hydrogen) atoms. The Balaban J connectivity index is 1.86. The van der Waals surface area contributed by atoms with Gasteiger partial charge in [-0.05, 0) is 53.7 Å². The minimum Gasteiger partial charge on any atom is -0.300 e. The van der Waals surface area contributed by atoms with Gasteiger partial charge >= 0.3 is 0 Å². The van der Waals surface area contributed by atoms with Crippen molar-refractivity contribution in [2.24, 2.45) is 4.99 Å². The summed E-state index contributed by atoms with van der Waals surface area (Å²) in [5.74, 6) is -0.185. The number of thioether (sulfide) groups is 1. The van der Waals surface area contributed by atoms with E-state index in [0.717, 1.165) is 10.0 Å². The van der Waals surface area contributed by atoms with E-state index in [1.54, 1.807) is 18.2 Å². The van der Waals surface area contributed by atoms with Gasteiger partial charge in [-0.1, -0.05) is 51.3 Å². The van der Waals surface area contributed by atoms with Crippen molar-refractivity contribution in [2.75, 3.05) is 0 Å². The molecule has 0 aromatic heterocycles. The van der Waals surface area contributed by atoms with Crippen molar-refractivity contribution in [3.05, 3.63) is 67.5 Å². The zero-order chi connectivity index (χ0) is 16.4. The number of benzene rings is 2. The van der Waals surface area contributed by atoms with Gasteiger partial charge < -0.3 is 5.32 Å². The lowest BCUT2D eigenvalue weighted by atomic mass is 10.2. The molecule has 0 bridgehead atoms. The normalized spacial score (nSPS) is 17.8. The van der Waals surface area contributed by atoms with Crippen LogP contribution in [0.1, 0.15) is 5.56 Å². The van der Waals surface area contributed by atoms with Gasteiger partial charge in [-0.25, -0.2) is 4.99 Å². The standard InChI is InChI=1S/C16H9BrCl2N2OS/c17-10-3-1-9(2-4-10)7-14-15(22)21-16(23-14)20-13-8-11(18)5-6-12(13)19/h1-8H,(H,20,21,22)/b14-7+. The van der Waals surface area contributed by atoms with Gasteiger partial charge in [0.1, 0.15) is 0 Å². The van der Waals surface area contributed by atoms with E-state index in [0.29, 0.717) is 25.8 Å². The second-order valence-electron chi connectivity index (χ2n) is 4.63. The van der Waals surface area contributed by atoms with Gasteiger partial charge in [-0.3, -0.25) is 4.79 Å². The molecule has 0 radical (unpaired) electrons. The molecule has 0 unspecified atom stereocenters. The average molecular weight is 428 g/mol. The molecule has 3 rings (SSSR count). The Labute approximate surface area is 155 Å². The fourth-order valence-electron chi connectivity index (χ4n) is 1.87. The highest BCUT2D eigenvalue weighted by atomic mass is 79.9. The van der Waals surface area contributed by atoms with Gasteiger partial charge in [0.25, 0.3) is 5.91 Å². The summed E-state index contributed by atoms with van der Waals surface area (Å²) >= 11 is 16.7. The number of nitrogens with zero attached hydrogens (tertiary/aromatic N) is 1. The van der Waals surface area contributed by atoms with E-state index in [1.165, 1.54) is 11.8 Å². The summed E-state index contributed by atoms with van der Waals surface area (Å²) in [6, 6.07) is 12.7. The van der Waals surface area contributed by atoms with Crippen molar-refractivity contribution < 1.29 is 4.79 Å².